The highest BCUT2D eigenvalue weighted by Crippen LogP contribution is 2.55. The van der Waals surface area contributed by atoms with E-state index < -0.39 is 136 Å². The lowest BCUT2D eigenvalue weighted by Crippen LogP contribution is -2.55. The number of likely N-dealkylation sites (N-methyl/N-ethyl adjacent to an activating group) is 1. The van der Waals surface area contributed by atoms with Crippen LogP contribution < -0.4 is 62.5 Å². The zero-order valence-electron chi connectivity index (χ0n) is 51.9. The van der Waals surface area contributed by atoms with E-state index in [-0.39, 0.29) is 102 Å². The van der Waals surface area contributed by atoms with E-state index in [9.17, 15) is 45.3 Å². The van der Waals surface area contributed by atoms with Crippen molar-refractivity contribution < 1.29 is 83.5 Å². The van der Waals surface area contributed by atoms with Gasteiger partial charge in [0.25, 0.3) is 0 Å². The van der Waals surface area contributed by atoms with Crippen LogP contribution in [0.5, 0.6) is 69.0 Å². The number of phenolic OH excluding ortho intramolecular Hbond substituents is 6. The molecule has 28 heteroatoms. The SMILES string of the molecule is CNC(=O)[C@H]1NC(=O)[C@H]2NC(=O)[C@H](NC(=O)[C@@H]3NC(=O)[C@H]4NC(=O)[C@@H](Cc5ccc(c(Cl)c5)Oc5cc3cc(c5O)Oc3ccc(cc3Cl)[C@H]2O)NC(=O)[C@H](N)c2ccc(O)c(c2)Oc2cc(O)cc4c2)c2ccc(O)c(c2)-c2c1cc(O)c(CNC1C3CC4CC(C3)CC1C4)c2O. The second-order valence-electron chi connectivity index (χ2n) is 26.0. The first-order valence-electron chi connectivity index (χ1n) is 31.7. The van der Waals surface area contributed by atoms with Crippen molar-refractivity contribution in [1.82, 2.24) is 42.5 Å². The van der Waals surface area contributed by atoms with Crippen molar-refractivity contribution in [2.24, 2.45) is 29.4 Å². The number of ether oxygens (including phenoxy) is 3. The molecule has 4 aliphatic carbocycles. The third-order valence-corrected chi connectivity index (χ3v) is 20.3. The number of halogens is 2. The summed E-state index contributed by atoms with van der Waals surface area (Å²) in [5.41, 5.74) is 5.19. The van der Waals surface area contributed by atoms with E-state index in [2.05, 4.69) is 42.5 Å². The molecular weight excluding hydrogens is 1310 g/mol. The smallest absolute Gasteiger partial charge is 0.248 e. The Morgan fingerprint density at radius 1 is 0.541 bits per heavy atom. The predicted octanol–water partition coefficient (Wildman–Crippen LogP) is 6.56. The number of hydrogen-bond donors (Lipinski definition) is 16. The quantitative estimate of drug-likeness (QED) is 0.0886. The monoisotopic (exact) mass is 1370 g/mol. The van der Waals surface area contributed by atoms with Crippen LogP contribution in [0.25, 0.3) is 11.1 Å². The van der Waals surface area contributed by atoms with E-state index in [1.165, 1.54) is 92.3 Å². The van der Waals surface area contributed by atoms with Gasteiger partial charge in [-0.2, -0.15) is 0 Å². The lowest BCUT2D eigenvalue weighted by molar-refractivity contribution is -0.137. The Morgan fingerprint density at radius 2 is 1.13 bits per heavy atom. The number of nitrogens with two attached hydrogens (primary N) is 1. The summed E-state index contributed by atoms with van der Waals surface area (Å²) in [4.78, 5) is 106. The fourth-order valence-electron chi connectivity index (χ4n) is 15.1. The van der Waals surface area contributed by atoms with E-state index in [0.29, 0.717) is 29.2 Å². The highest BCUT2D eigenvalue weighted by molar-refractivity contribution is 6.32. The number of nitrogens with one attached hydrogen (secondary N) is 8. The number of carbonyl (C=O) groups excluding carboxylic acids is 7. The number of fused-ring (bicyclic) bond motifs is 14. The van der Waals surface area contributed by atoms with Crippen LogP contribution in [0.4, 0.5) is 0 Å². The van der Waals surface area contributed by atoms with Gasteiger partial charge < -0.3 is 98.2 Å². The predicted molar refractivity (Wildman–Crippen MR) is 349 cm³/mol. The first kappa shape index (κ1) is 64.8. The molecule has 0 saturated heterocycles. The molecule has 7 amide bonds. The molecule has 8 atom stereocenters. The van der Waals surface area contributed by atoms with Crippen molar-refractivity contribution >= 4 is 64.6 Å². The van der Waals surface area contributed by atoms with Crippen LogP contribution in [0.3, 0.4) is 0 Å². The molecule has 4 saturated carbocycles. The second kappa shape index (κ2) is 25.5. The molecule has 0 unspecified atom stereocenters. The lowest BCUT2D eigenvalue weighted by atomic mass is 9.54. The molecule has 6 heterocycles. The number of aliphatic hydroxyl groups is 1. The average molecular weight is 1380 g/mol. The van der Waals surface area contributed by atoms with E-state index in [4.69, 9.17) is 43.1 Å². The molecule has 0 spiro atoms. The molecule has 17 N–H and O–H groups in total. The second-order valence-corrected chi connectivity index (χ2v) is 26.8. The fraction of sp³-hybridized carbons (Fsp3) is 0.300. The highest BCUT2D eigenvalue weighted by atomic mass is 35.5. The maximum absolute atomic E-state index is 16.1. The molecule has 7 aromatic carbocycles. The first-order chi connectivity index (χ1) is 46.9. The summed E-state index contributed by atoms with van der Waals surface area (Å²) in [6, 6.07) is 8.96. The van der Waals surface area contributed by atoms with Crippen LogP contribution in [0.15, 0.2) is 109 Å². The fourth-order valence-corrected chi connectivity index (χ4v) is 15.6. The van der Waals surface area contributed by atoms with Gasteiger partial charge in [0.15, 0.2) is 23.0 Å². The Hall–Kier alpha value is -10.5. The van der Waals surface area contributed by atoms with Crippen LogP contribution in [0, 0.1) is 23.7 Å². The third kappa shape index (κ3) is 12.1. The Labute approximate surface area is 567 Å². The molecule has 98 heavy (non-hydrogen) atoms. The zero-order valence-corrected chi connectivity index (χ0v) is 53.4. The van der Waals surface area contributed by atoms with Crippen molar-refractivity contribution in [3.63, 3.8) is 0 Å². The van der Waals surface area contributed by atoms with Crippen LogP contribution in [-0.2, 0) is 46.5 Å². The maximum atomic E-state index is 16.1. The van der Waals surface area contributed by atoms with Crippen molar-refractivity contribution in [3.05, 3.63) is 164 Å². The van der Waals surface area contributed by atoms with Gasteiger partial charge in [-0.1, -0.05) is 47.5 Å². The van der Waals surface area contributed by atoms with Gasteiger partial charge in [-0.25, -0.2) is 0 Å². The number of amides is 7. The van der Waals surface area contributed by atoms with Gasteiger partial charge in [-0.15, -0.1) is 0 Å². The number of phenols is 6. The molecule has 506 valence electrons. The molecule has 6 aliphatic heterocycles. The van der Waals surface area contributed by atoms with Crippen LogP contribution in [0.2, 0.25) is 10.0 Å². The average Bonchev–Trinajstić information content (AvgIpc) is 0.766. The van der Waals surface area contributed by atoms with Gasteiger partial charge in [-0.3, -0.25) is 33.6 Å². The zero-order chi connectivity index (χ0) is 68.9. The molecule has 7 aromatic rings. The van der Waals surface area contributed by atoms with Gasteiger partial charge in [0.05, 0.1) is 15.6 Å². The molecular formula is C70H65Cl2N9O17. The van der Waals surface area contributed by atoms with Gasteiger partial charge >= 0.3 is 0 Å². The summed E-state index contributed by atoms with van der Waals surface area (Å²) < 4.78 is 18.7. The van der Waals surface area contributed by atoms with E-state index in [0.717, 1.165) is 56.0 Å². The lowest BCUT2D eigenvalue weighted by Gasteiger charge is -2.54. The van der Waals surface area contributed by atoms with E-state index >= 15 is 24.0 Å². The van der Waals surface area contributed by atoms with Gasteiger partial charge in [0.2, 0.25) is 47.1 Å². The van der Waals surface area contributed by atoms with Crippen LogP contribution in [0.1, 0.15) is 113 Å². The van der Waals surface area contributed by atoms with Gasteiger partial charge in [-0.05, 0) is 174 Å². The van der Waals surface area contributed by atoms with Crippen LogP contribution >= 0.6 is 23.2 Å². The summed E-state index contributed by atoms with van der Waals surface area (Å²) in [7, 11) is 1.26. The molecule has 10 aliphatic rings. The minimum absolute atomic E-state index is 0.0404. The van der Waals surface area contributed by atoms with Crippen LogP contribution in [-0.4, -0.2) is 102 Å². The Balaban J connectivity index is 0.950. The molecule has 0 radical (unpaired) electrons. The van der Waals surface area contributed by atoms with E-state index in [1.54, 1.807) is 0 Å². The van der Waals surface area contributed by atoms with Gasteiger partial charge in [0.1, 0.15) is 88.6 Å². The third-order valence-electron chi connectivity index (χ3n) is 19.7. The number of aliphatic hydroxyl groups excluding tert-OH is 1. The van der Waals surface area contributed by atoms with E-state index in [1.807, 2.05) is 0 Å². The van der Waals surface area contributed by atoms with Crippen molar-refractivity contribution in [3.8, 4) is 80.1 Å². The van der Waals surface area contributed by atoms with Crippen molar-refractivity contribution in [1.29, 1.82) is 0 Å². The number of benzene rings is 7. The Bertz CT molecular complexity index is 4510. The highest BCUT2D eigenvalue weighted by Gasteiger charge is 2.49. The number of hydrogen-bond acceptors (Lipinski definition) is 19. The molecule has 21 bridgehead atoms. The summed E-state index contributed by atoms with van der Waals surface area (Å²) in [5, 5.41) is 105. The van der Waals surface area contributed by atoms with Crippen molar-refractivity contribution in [2.75, 3.05) is 7.05 Å². The minimum Gasteiger partial charge on any atom is -0.508 e. The molecule has 17 rings (SSSR count). The van der Waals surface area contributed by atoms with Gasteiger partial charge in [0, 0.05) is 43.2 Å². The normalized spacial score (nSPS) is 26.3. The molecule has 4 fully saturated rings. The number of aromatic hydroxyl groups is 6. The Kier molecular flexibility index (Phi) is 16.9. The Morgan fingerprint density at radius 3 is 1.80 bits per heavy atom. The first-order valence-corrected chi connectivity index (χ1v) is 32.5. The topological polar surface area (TPSA) is 411 Å². The van der Waals surface area contributed by atoms with Crippen molar-refractivity contribution in [2.45, 2.75) is 99.5 Å². The summed E-state index contributed by atoms with van der Waals surface area (Å²) >= 11 is 13.9. The molecule has 26 nitrogen and oxygen atoms in total. The molecule has 0 aromatic heterocycles. The standard InChI is InChI=1S/C70H65Cl2N9O17/c1-74-66(91)59-40-25-47(85)41(26-75-55-33-11-28-10-29(13-33)14-34(55)12-28)62(87)53(40)39-19-31(4-6-45(39)83)56-67(92)81-60(70(95)80-59)61(86)32-5-9-49(43(72)20-32)98-52-23-36-22-51(63(52)88)97-48-8-2-27(15-42(48)71)16-44-64(89)77-57(68(93)79-58(36)69(94)78-56)35-17-37(82)24-38(18-35)96-50-21-30(3-7-46(50)84)54(73)65(90)76-44/h2-9,15,17-25,28-29,33-34,44,54-61,75,82-88H,10-14,16,26,73H2,1H3,(H,74,91)(H,76,90)(H,77,89)(H,78,94)(H,79,93)(H,80,95)(H,81,92)/t28?,29?,33?,34?,44-,54-,55?,56-,57+,58-,59+,60+,61-/m1/s1. The summed E-state index contributed by atoms with van der Waals surface area (Å²) in [6.45, 7) is -0.0922. The largest absolute Gasteiger partial charge is 0.508 e. The number of rotatable bonds is 4. The maximum Gasteiger partial charge on any atom is 0.248 e. The summed E-state index contributed by atoms with van der Waals surface area (Å²) in [5.74, 6) is -11.1. The number of carbonyl (C=O) groups is 7. The summed E-state index contributed by atoms with van der Waals surface area (Å²) in [6.07, 6.45) is 2.93. The minimum atomic E-state index is -2.16.